The van der Waals surface area contributed by atoms with E-state index in [1.54, 1.807) is 0 Å². The zero-order valence-electron chi connectivity index (χ0n) is 14.6. The number of carbonyl (C=O) groups is 1. The Morgan fingerprint density at radius 1 is 0.952 bits per heavy atom. The van der Waals surface area contributed by atoms with Crippen molar-refractivity contribution in [1.29, 1.82) is 0 Å². The maximum atomic E-state index is 11.7. The molecule has 0 saturated heterocycles. The Labute approximate surface area is 130 Å². The summed E-state index contributed by atoms with van der Waals surface area (Å²) in [5.41, 5.74) is 0.315. The molecular weight excluding hydrogens is 260 g/mol. The first-order chi connectivity index (χ1) is 9.70. The molecule has 6 atom stereocenters. The molecule has 1 N–H and O–H groups in total. The number of hydrogen-bond acceptors (Lipinski definition) is 1. The fourth-order valence-corrected chi connectivity index (χ4v) is 4.80. The molecular formula is C19H34O2. The molecule has 2 aliphatic rings. The summed E-state index contributed by atoms with van der Waals surface area (Å²) in [6.45, 7) is 11.7. The second-order valence-electron chi connectivity index (χ2n) is 9.01. The highest BCUT2D eigenvalue weighted by atomic mass is 16.4. The number of carboxylic acids is 1. The topological polar surface area (TPSA) is 37.3 Å². The molecule has 6 unspecified atom stereocenters. The van der Waals surface area contributed by atoms with Gasteiger partial charge in [-0.25, -0.2) is 0 Å². The van der Waals surface area contributed by atoms with Crippen molar-refractivity contribution in [1.82, 2.24) is 0 Å². The van der Waals surface area contributed by atoms with Gasteiger partial charge in [-0.2, -0.15) is 0 Å². The van der Waals surface area contributed by atoms with Crippen LogP contribution in [-0.2, 0) is 4.79 Å². The lowest BCUT2D eigenvalue weighted by molar-refractivity contribution is -0.147. The summed E-state index contributed by atoms with van der Waals surface area (Å²) in [6.07, 6.45) is 6.89. The van der Waals surface area contributed by atoms with Crippen molar-refractivity contribution in [2.45, 2.75) is 73.1 Å². The molecule has 0 aliphatic heterocycles. The van der Waals surface area contributed by atoms with Crippen molar-refractivity contribution >= 4 is 5.97 Å². The summed E-state index contributed by atoms with van der Waals surface area (Å²) in [4.78, 5) is 11.7. The molecule has 0 aromatic rings. The largest absolute Gasteiger partial charge is 0.481 e. The minimum atomic E-state index is -0.543. The molecule has 122 valence electrons. The predicted octanol–water partition coefficient (Wildman–Crippen LogP) is 5.22. The van der Waals surface area contributed by atoms with Gasteiger partial charge in [0.25, 0.3) is 0 Å². The summed E-state index contributed by atoms with van der Waals surface area (Å²) in [7, 11) is 0. The molecule has 2 saturated carbocycles. The van der Waals surface area contributed by atoms with Crippen molar-refractivity contribution in [2.75, 3.05) is 0 Å². The number of hydrogen-bond donors (Lipinski definition) is 1. The van der Waals surface area contributed by atoms with Crippen molar-refractivity contribution in [2.24, 2.45) is 40.9 Å². The zero-order valence-corrected chi connectivity index (χ0v) is 14.6. The minimum absolute atomic E-state index is 0.0887. The van der Waals surface area contributed by atoms with Crippen molar-refractivity contribution < 1.29 is 9.90 Å². The molecule has 0 aromatic carbocycles. The SMILES string of the molecule is CC1CCC(C2CC(C(C)(C)C)CCC2C(=O)O)CC1C. The van der Waals surface area contributed by atoms with Crippen LogP contribution < -0.4 is 0 Å². The van der Waals surface area contributed by atoms with Gasteiger partial charge < -0.3 is 5.11 Å². The van der Waals surface area contributed by atoms with Gasteiger partial charge in [-0.3, -0.25) is 4.79 Å². The van der Waals surface area contributed by atoms with Crippen LogP contribution in [0.3, 0.4) is 0 Å². The molecule has 2 rings (SSSR count). The van der Waals surface area contributed by atoms with Gasteiger partial charge in [0, 0.05) is 0 Å². The Kier molecular flexibility index (Phi) is 5.05. The molecule has 2 fully saturated rings. The Morgan fingerprint density at radius 2 is 1.62 bits per heavy atom. The van der Waals surface area contributed by atoms with E-state index in [1.807, 2.05) is 0 Å². The van der Waals surface area contributed by atoms with E-state index in [-0.39, 0.29) is 5.92 Å². The molecule has 0 radical (unpaired) electrons. The Hall–Kier alpha value is -0.530. The van der Waals surface area contributed by atoms with E-state index in [0.717, 1.165) is 31.1 Å². The Balaban J connectivity index is 2.12. The van der Waals surface area contributed by atoms with E-state index in [4.69, 9.17) is 0 Å². The summed E-state index contributed by atoms with van der Waals surface area (Å²) in [5.74, 6) is 2.68. The van der Waals surface area contributed by atoms with Crippen LogP contribution in [0.2, 0.25) is 0 Å². The van der Waals surface area contributed by atoms with Crippen LogP contribution in [0, 0.1) is 40.9 Å². The highest BCUT2D eigenvalue weighted by Gasteiger charge is 2.43. The summed E-state index contributed by atoms with van der Waals surface area (Å²) in [6, 6.07) is 0. The molecule has 2 nitrogen and oxygen atoms in total. The van der Waals surface area contributed by atoms with Gasteiger partial charge in [0.15, 0.2) is 0 Å². The maximum absolute atomic E-state index is 11.7. The van der Waals surface area contributed by atoms with E-state index in [2.05, 4.69) is 34.6 Å². The average Bonchev–Trinajstić information content (AvgIpc) is 2.40. The highest BCUT2D eigenvalue weighted by molar-refractivity contribution is 5.70. The third kappa shape index (κ3) is 3.81. The average molecular weight is 294 g/mol. The zero-order chi connectivity index (χ0) is 15.8. The molecule has 0 amide bonds. The lowest BCUT2D eigenvalue weighted by Crippen LogP contribution is -2.40. The molecule has 0 spiro atoms. The normalized spacial score (nSPS) is 41.8. The fraction of sp³-hybridized carbons (Fsp3) is 0.947. The third-order valence-electron chi connectivity index (χ3n) is 6.69. The Morgan fingerprint density at radius 3 is 2.14 bits per heavy atom. The minimum Gasteiger partial charge on any atom is -0.481 e. The lowest BCUT2D eigenvalue weighted by Gasteiger charge is -2.46. The monoisotopic (exact) mass is 294 g/mol. The maximum Gasteiger partial charge on any atom is 0.306 e. The van der Waals surface area contributed by atoms with E-state index in [9.17, 15) is 9.90 Å². The summed E-state index contributed by atoms with van der Waals surface area (Å²) >= 11 is 0. The second-order valence-corrected chi connectivity index (χ2v) is 9.01. The molecule has 2 aliphatic carbocycles. The highest BCUT2D eigenvalue weighted by Crippen LogP contribution is 2.49. The van der Waals surface area contributed by atoms with E-state index < -0.39 is 5.97 Å². The number of rotatable bonds is 2. The van der Waals surface area contributed by atoms with Crippen LogP contribution in [0.15, 0.2) is 0 Å². The van der Waals surface area contributed by atoms with Gasteiger partial charge in [0.05, 0.1) is 5.92 Å². The van der Waals surface area contributed by atoms with E-state index in [0.29, 0.717) is 23.2 Å². The number of aliphatic carboxylic acids is 1. The standard InChI is InChI=1S/C19H34O2/c1-12-6-7-14(10-13(12)2)17-11-15(19(3,4)5)8-9-16(17)18(20)21/h12-17H,6-11H2,1-5H3,(H,20,21). The lowest BCUT2D eigenvalue weighted by atomic mass is 9.59. The smallest absolute Gasteiger partial charge is 0.306 e. The van der Waals surface area contributed by atoms with Crippen LogP contribution in [0.1, 0.15) is 73.1 Å². The molecule has 0 aromatic heterocycles. The van der Waals surface area contributed by atoms with Gasteiger partial charge in [-0.05, 0) is 67.1 Å². The summed E-state index contributed by atoms with van der Waals surface area (Å²) in [5, 5.41) is 9.65. The first-order valence-corrected chi connectivity index (χ1v) is 8.93. The van der Waals surface area contributed by atoms with Crippen LogP contribution >= 0.6 is 0 Å². The van der Waals surface area contributed by atoms with E-state index >= 15 is 0 Å². The van der Waals surface area contributed by atoms with Gasteiger partial charge in [-0.15, -0.1) is 0 Å². The van der Waals surface area contributed by atoms with Crippen molar-refractivity contribution in [3.05, 3.63) is 0 Å². The quantitative estimate of drug-likeness (QED) is 0.758. The van der Waals surface area contributed by atoms with Gasteiger partial charge >= 0.3 is 5.97 Å². The fourth-order valence-electron chi connectivity index (χ4n) is 4.80. The molecule has 0 heterocycles. The summed E-state index contributed by atoms with van der Waals surface area (Å²) < 4.78 is 0. The van der Waals surface area contributed by atoms with Crippen molar-refractivity contribution in [3.63, 3.8) is 0 Å². The first kappa shape index (κ1) is 16.8. The first-order valence-electron chi connectivity index (χ1n) is 8.93. The van der Waals surface area contributed by atoms with Gasteiger partial charge in [0.2, 0.25) is 0 Å². The van der Waals surface area contributed by atoms with Crippen LogP contribution in [0.25, 0.3) is 0 Å². The second kappa shape index (κ2) is 6.30. The third-order valence-corrected chi connectivity index (χ3v) is 6.69. The predicted molar refractivity (Wildman–Crippen MR) is 87.1 cm³/mol. The van der Waals surface area contributed by atoms with Gasteiger partial charge in [-0.1, -0.05) is 41.0 Å². The molecule has 21 heavy (non-hydrogen) atoms. The van der Waals surface area contributed by atoms with Gasteiger partial charge in [0.1, 0.15) is 0 Å². The Bertz CT molecular complexity index is 368. The molecule has 2 heteroatoms. The molecule has 0 bridgehead atoms. The number of carboxylic acid groups (broad SMARTS) is 1. The van der Waals surface area contributed by atoms with Crippen molar-refractivity contribution in [3.8, 4) is 0 Å². The van der Waals surface area contributed by atoms with Crippen LogP contribution in [0.5, 0.6) is 0 Å². The van der Waals surface area contributed by atoms with E-state index in [1.165, 1.54) is 19.3 Å². The van der Waals surface area contributed by atoms with Crippen LogP contribution in [-0.4, -0.2) is 11.1 Å². The van der Waals surface area contributed by atoms with Crippen LogP contribution in [0.4, 0.5) is 0 Å².